The number of methoxy groups -OCH3 is 2. The Morgan fingerprint density at radius 3 is 2.81 bits per heavy atom. The molecule has 0 N–H and O–H groups in total. The Morgan fingerprint density at radius 2 is 2.12 bits per heavy atom. The van der Waals surface area contributed by atoms with Crippen molar-refractivity contribution in [3.05, 3.63) is 35.2 Å². The van der Waals surface area contributed by atoms with Crippen LogP contribution in [0.2, 0.25) is 0 Å². The third-order valence-corrected chi connectivity index (χ3v) is 4.97. The summed E-state index contributed by atoms with van der Waals surface area (Å²) < 4.78 is 16.2. The van der Waals surface area contributed by atoms with Gasteiger partial charge in [0, 0.05) is 12.1 Å². The highest BCUT2D eigenvalue weighted by Gasteiger charge is 2.30. The van der Waals surface area contributed by atoms with Crippen molar-refractivity contribution in [3.63, 3.8) is 0 Å². The second kappa shape index (κ2) is 7.91. The van der Waals surface area contributed by atoms with E-state index in [4.69, 9.17) is 13.9 Å². The summed E-state index contributed by atoms with van der Waals surface area (Å²) >= 11 is 0. The van der Waals surface area contributed by atoms with Gasteiger partial charge in [0.25, 0.3) is 0 Å². The summed E-state index contributed by atoms with van der Waals surface area (Å²) in [6.45, 7) is 5.36. The number of carbonyl (C=O) groups excluding carboxylic acids is 1. The summed E-state index contributed by atoms with van der Waals surface area (Å²) in [4.78, 5) is 18.9. The lowest BCUT2D eigenvalue weighted by molar-refractivity contribution is -0.148. The topological polar surface area (TPSA) is 64.8 Å². The maximum atomic E-state index is 12.1. The summed E-state index contributed by atoms with van der Waals surface area (Å²) in [6.07, 6.45) is 2.95. The first kappa shape index (κ1) is 18.5. The number of oxazole rings is 1. The number of hydrogen-bond donors (Lipinski definition) is 0. The average Bonchev–Trinajstić information content (AvgIpc) is 3.02. The van der Waals surface area contributed by atoms with E-state index in [0.29, 0.717) is 12.4 Å². The van der Waals surface area contributed by atoms with E-state index in [-0.39, 0.29) is 12.0 Å². The van der Waals surface area contributed by atoms with Crippen LogP contribution in [0.25, 0.3) is 11.5 Å². The highest BCUT2D eigenvalue weighted by molar-refractivity contribution is 5.75. The minimum atomic E-state index is -0.198. The van der Waals surface area contributed by atoms with Gasteiger partial charge in [0.05, 0.1) is 19.9 Å². The second-order valence-electron chi connectivity index (χ2n) is 6.71. The second-order valence-corrected chi connectivity index (χ2v) is 6.71. The first-order valence-electron chi connectivity index (χ1n) is 8.96. The lowest BCUT2D eigenvalue weighted by Gasteiger charge is -2.33. The van der Waals surface area contributed by atoms with Crippen molar-refractivity contribution in [2.24, 2.45) is 0 Å². The van der Waals surface area contributed by atoms with Gasteiger partial charge < -0.3 is 13.9 Å². The number of nitrogens with zero attached hydrogens (tertiary/aromatic N) is 2. The van der Waals surface area contributed by atoms with Gasteiger partial charge in [0.15, 0.2) is 0 Å². The fraction of sp³-hybridized carbons (Fsp3) is 0.500. The Balaban J connectivity index is 1.81. The van der Waals surface area contributed by atoms with Crippen molar-refractivity contribution in [1.29, 1.82) is 0 Å². The quantitative estimate of drug-likeness (QED) is 0.762. The van der Waals surface area contributed by atoms with E-state index < -0.39 is 0 Å². The summed E-state index contributed by atoms with van der Waals surface area (Å²) in [6, 6.07) is 5.67. The van der Waals surface area contributed by atoms with Crippen molar-refractivity contribution in [2.75, 3.05) is 20.8 Å². The fourth-order valence-corrected chi connectivity index (χ4v) is 3.49. The van der Waals surface area contributed by atoms with Gasteiger partial charge in [-0.1, -0.05) is 6.42 Å². The Labute approximate surface area is 154 Å². The summed E-state index contributed by atoms with van der Waals surface area (Å²) in [7, 11) is 3.10. The molecule has 140 valence electrons. The Morgan fingerprint density at radius 1 is 1.31 bits per heavy atom. The standard InChI is InChI=1S/C20H26N2O4/c1-13-11-15(8-9-18(13)24-3)19-21-16(14(2)26-19)12-22-10-6-5-7-17(22)20(23)25-4/h8-9,11,17H,5-7,10,12H2,1-4H3. The molecule has 6 heteroatoms. The Kier molecular flexibility index (Phi) is 5.61. The highest BCUT2D eigenvalue weighted by atomic mass is 16.5. The van der Waals surface area contributed by atoms with E-state index in [0.717, 1.165) is 54.1 Å². The van der Waals surface area contributed by atoms with Crippen LogP contribution < -0.4 is 4.74 Å². The molecule has 2 aromatic rings. The number of rotatable bonds is 5. The van der Waals surface area contributed by atoms with Crippen LogP contribution in [0.1, 0.15) is 36.3 Å². The minimum absolute atomic E-state index is 0.170. The molecule has 0 bridgehead atoms. The molecule has 1 atom stereocenters. The van der Waals surface area contributed by atoms with Crippen molar-refractivity contribution < 1.29 is 18.7 Å². The molecule has 1 aromatic carbocycles. The summed E-state index contributed by atoms with van der Waals surface area (Å²) in [5.74, 6) is 2.04. The van der Waals surface area contributed by atoms with Gasteiger partial charge in [0.1, 0.15) is 17.6 Å². The number of likely N-dealkylation sites (tertiary alicyclic amines) is 1. The maximum absolute atomic E-state index is 12.1. The molecule has 0 amide bonds. The fourth-order valence-electron chi connectivity index (χ4n) is 3.49. The van der Waals surface area contributed by atoms with Crippen molar-refractivity contribution in [1.82, 2.24) is 9.88 Å². The number of carbonyl (C=O) groups is 1. The van der Waals surface area contributed by atoms with Gasteiger partial charge >= 0.3 is 5.97 Å². The molecule has 1 fully saturated rings. The van der Waals surface area contributed by atoms with Crippen molar-refractivity contribution in [3.8, 4) is 17.2 Å². The molecule has 1 saturated heterocycles. The predicted octanol–water partition coefficient (Wildman–Crippen LogP) is 3.49. The monoisotopic (exact) mass is 358 g/mol. The average molecular weight is 358 g/mol. The molecule has 6 nitrogen and oxygen atoms in total. The molecule has 0 aliphatic carbocycles. The third kappa shape index (κ3) is 3.75. The van der Waals surface area contributed by atoms with E-state index in [1.807, 2.05) is 32.0 Å². The van der Waals surface area contributed by atoms with Crippen LogP contribution in [-0.4, -0.2) is 42.7 Å². The SMILES string of the molecule is COC(=O)C1CCCCN1Cc1nc(-c2ccc(OC)c(C)c2)oc1C. The number of hydrogen-bond acceptors (Lipinski definition) is 6. The normalized spacial score (nSPS) is 17.9. The van der Waals surface area contributed by atoms with Crippen molar-refractivity contribution in [2.45, 2.75) is 45.7 Å². The Hall–Kier alpha value is -2.34. The third-order valence-electron chi connectivity index (χ3n) is 4.97. The number of ether oxygens (including phenoxy) is 2. The van der Waals surface area contributed by atoms with E-state index >= 15 is 0 Å². The number of benzene rings is 1. The molecule has 1 aliphatic heterocycles. The smallest absolute Gasteiger partial charge is 0.323 e. The van der Waals surface area contributed by atoms with Gasteiger partial charge in [0.2, 0.25) is 5.89 Å². The molecule has 26 heavy (non-hydrogen) atoms. The zero-order valence-electron chi connectivity index (χ0n) is 15.9. The van der Waals surface area contributed by atoms with Crippen LogP contribution in [0.15, 0.2) is 22.6 Å². The number of aromatic nitrogens is 1. The number of esters is 1. The molecule has 0 radical (unpaired) electrons. The zero-order valence-corrected chi connectivity index (χ0v) is 15.9. The maximum Gasteiger partial charge on any atom is 0.323 e. The van der Waals surface area contributed by atoms with Crippen LogP contribution in [0, 0.1) is 13.8 Å². The van der Waals surface area contributed by atoms with Gasteiger partial charge in [-0.05, 0) is 57.0 Å². The van der Waals surface area contributed by atoms with E-state index in [1.165, 1.54) is 7.11 Å². The summed E-state index contributed by atoms with van der Waals surface area (Å²) in [5.41, 5.74) is 2.81. The van der Waals surface area contributed by atoms with Crippen LogP contribution in [-0.2, 0) is 16.1 Å². The Bertz CT molecular complexity index is 784. The highest BCUT2D eigenvalue weighted by Crippen LogP contribution is 2.28. The lowest BCUT2D eigenvalue weighted by atomic mass is 10.0. The van der Waals surface area contributed by atoms with Gasteiger partial charge in [-0.15, -0.1) is 0 Å². The predicted molar refractivity (Wildman–Crippen MR) is 98.0 cm³/mol. The van der Waals surface area contributed by atoms with Crippen LogP contribution in [0.5, 0.6) is 5.75 Å². The van der Waals surface area contributed by atoms with Crippen LogP contribution in [0.3, 0.4) is 0 Å². The molecule has 1 unspecified atom stereocenters. The lowest BCUT2D eigenvalue weighted by Crippen LogP contribution is -2.44. The summed E-state index contributed by atoms with van der Waals surface area (Å²) in [5, 5.41) is 0. The molecule has 3 rings (SSSR count). The number of piperidine rings is 1. The molecule has 0 saturated carbocycles. The molecule has 1 aromatic heterocycles. The molecular weight excluding hydrogens is 332 g/mol. The number of aryl methyl sites for hydroxylation is 2. The first-order chi connectivity index (χ1) is 12.5. The van der Waals surface area contributed by atoms with Crippen LogP contribution >= 0.6 is 0 Å². The largest absolute Gasteiger partial charge is 0.496 e. The molecular formula is C20H26N2O4. The molecule has 1 aliphatic rings. The van der Waals surface area contributed by atoms with E-state index in [2.05, 4.69) is 9.88 Å². The van der Waals surface area contributed by atoms with Crippen LogP contribution in [0.4, 0.5) is 0 Å². The van der Waals surface area contributed by atoms with Gasteiger partial charge in [-0.25, -0.2) is 4.98 Å². The zero-order chi connectivity index (χ0) is 18.7. The first-order valence-corrected chi connectivity index (χ1v) is 8.96. The van der Waals surface area contributed by atoms with E-state index in [9.17, 15) is 4.79 Å². The van der Waals surface area contributed by atoms with E-state index in [1.54, 1.807) is 7.11 Å². The minimum Gasteiger partial charge on any atom is -0.496 e. The molecule has 0 spiro atoms. The van der Waals surface area contributed by atoms with Gasteiger partial charge in [-0.3, -0.25) is 9.69 Å². The molecule has 2 heterocycles. The van der Waals surface area contributed by atoms with Gasteiger partial charge in [-0.2, -0.15) is 0 Å². The van der Waals surface area contributed by atoms with Crippen molar-refractivity contribution >= 4 is 5.97 Å².